The van der Waals surface area contributed by atoms with E-state index in [1.165, 1.54) is 43.3 Å². The van der Waals surface area contributed by atoms with Crippen LogP contribution in [0.25, 0.3) is 0 Å². The van der Waals surface area contributed by atoms with Crippen LogP contribution in [0.2, 0.25) is 0 Å². The average Bonchev–Trinajstić information content (AvgIpc) is 2.76. The Morgan fingerprint density at radius 2 is 1.70 bits per heavy atom. The molecule has 0 spiro atoms. The van der Waals surface area contributed by atoms with E-state index >= 15 is 0 Å². The van der Waals surface area contributed by atoms with E-state index in [2.05, 4.69) is 5.32 Å². The van der Waals surface area contributed by atoms with E-state index in [1.807, 2.05) is 30.3 Å². The SMILES string of the molecule is COC(=O)C(Cc1ccc(F)cc1)NC(=O)CCN(C)C(=O)OCc1ccccc1. The molecule has 0 bridgehead atoms. The van der Waals surface area contributed by atoms with Gasteiger partial charge in [-0.2, -0.15) is 0 Å². The topological polar surface area (TPSA) is 84.9 Å². The summed E-state index contributed by atoms with van der Waals surface area (Å²) in [6.45, 7) is 0.252. The Hall–Kier alpha value is -3.42. The zero-order chi connectivity index (χ0) is 21.9. The van der Waals surface area contributed by atoms with Crippen molar-refractivity contribution in [1.82, 2.24) is 10.2 Å². The molecule has 160 valence electrons. The average molecular weight is 416 g/mol. The lowest BCUT2D eigenvalue weighted by Gasteiger charge is -2.19. The first-order valence-corrected chi connectivity index (χ1v) is 9.42. The van der Waals surface area contributed by atoms with Gasteiger partial charge in [0, 0.05) is 26.4 Å². The molecule has 1 N–H and O–H groups in total. The molecule has 0 aliphatic heterocycles. The molecule has 7 nitrogen and oxygen atoms in total. The van der Waals surface area contributed by atoms with Crippen molar-refractivity contribution >= 4 is 18.0 Å². The number of amides is 2. The van der Waals surface area contributed by atoms with E-state index in [4.69, 9.17) is 9.47 Å². The maximum absolute atomic E-state index is 13.0. The number of carbonyl (C=O) groups is 3. The molecular formula is C22H25FN2O5. The van der Waals surface area contributed by atoms with Crippen molar-refractivity contribution in [2.24, 2.45) is 0 Å². The van der Waals surface area contributed by atoms with Crippen LogP contribution in [-0.2, 0) is 32.1 Å². The number of hydrogen-bond acceptors (Lipinski definition) is 5. The first-order chi connectivity index (χ1) is 14.4. The number of rotatable bonds is 9. The standard InChI is InChI=1S/C22H25FN2O5/c1-25(22(28)30-15-17-6-4-3-5-7-17)13-12-20(26)24-19(21(27)29-2)14-16-8-10-18(23)11-9-16/h3-11,19H,12-15H2,1-2H3,(H,24,26). The van der Waals surface area contributed by atoms with Gasteiger partial charge < -0.3 is 19.7 Å². The van der Waals surface area contributed by atoms with Gasteiger partial charge in [0.05, 0.1) is 7.11 Å². The summed E-state index contributed by atoms with van der Waals surface area (Å²) in [4.78, 5) is 37.6. The van der Waals surface area contributed by atoms with Gasteiger partial charge in [-0.15, -0.1) is 0 Å². The number of benzene rings is 2. The summed E-state index contributed by atoms with van der Waals surface area (Å²) in [5, 5.41) is 2.60. The molecule has 2 aromatic rings. The molecule has 0 fully saturated rings. The highest BCUT2D eigenvalue weighted by Crippen LogP contribution is 2.08. The highest BCUT2D eigenvalue weighted by Gasteiger charge is 2.22. The van der Waals surface area contributed by atoms with Crippen LogP contribution in [0, 0.1) is 5.82 Å². The Morgan fingerprint density at radius 3 is 2.33 bits per heavy atom. The zero-order valence-corrected chi connectivity index (χ0v) is 17.0. The lowest BCUT2D eigenvalue weighted by molar-refractivity contribution is -0.145. The molecule has 0 saturated carbocycles. The van der Waals surface area contributed by atoms with Gasteiger partial charge in [-0.05, 0) is 23.3 Å². The zero-order valence-electron chi connectivity index (χ0n) is 17.0. The summed E-state index contributed by atoms with van der Waals surface area (Å²) in [7, 11) is 2.75. The molecular weight excluding hydrogens is 391 g/mol. The normalized spacial score (nSPS) is 11.3. The molecule has 0 aromatic heterocycles. The van der Waals surface area contributed by atoms with E-state index in [-0.39, 0.29) is 31.8 Å². The fourth-order valence-corrected chi connectivity index (χ4v) is 2.65. The lowest BCUT2D eigenvalue weighted by Crippen LogP contribution is -2.44. The maximum Gasteiger partial charge on any atom is 0.409 e. The van der Waals surface area contributed by atoms with Crippen LogP contribution < -0.4 is 5.32 Å². The van der Waals surface area contributed by atoms with Crippen LogP contribution >= 0.6 is 0 Å². The van der Waals surface area contributed by atoms with Gasteiger partial charge >= 0.3 is 12.1 Å². The molecule has 2 amide bonds. The minimum atomic E-state index is -0.914. The molecule has 2 rings (SSSR count). The molecule has 0 saturated heterocycles. The van der Waals surface area contributed by atoms with Crippen molar-refractivity contribution in [3.63, 3.8) is 0 Å². The summed E-state index contributed by atoms with van der Waals surface area (Å²) in [6.07, 6.45) is -0.413. The smallest absolute Gasteiger partial charge is 0.409 e. The minimum absolute atomic E-state index is 0.0200. The Morgan fingerprint density at radius 1 is 1.03 bits per heavy atom. The summed E-state index contributed by atoms with van der Waals surface area (Å²) in [6, 6.07) is 14.0. The van der Waals surface area contributed by atoms with Crippen LogP contribution in [0.5, 0.6) is 0 Å². The molecule has 0 aliphatic rings. The highest BCUT2D eigenvalue weighted by molar-refractivity contribution is 5.85. The third kappa shape index (κ3) is 7.54. The quantitative estimate of drug-likeness (QED) is 0.636. The predicted molar refractivity (Wildman–Crippen MR) is 108 cm³/mol. The first kappa shape index (κ1) is 22.9. The molecule has 1 atom stereocenters. The number of hydrogen-bond donors (Lipinski definition) is 1. The van der Waals surface area contributed by atoms with Gasteiger partial charge in [-0.3, -0.25) is 4.79 Å². The number of esters is 1. The Balaban J connectivity index is 1.81. The summed E-state index contributed by atoms with van der Waals surface area (Å²) < 4.78 is 23.0. The van der Waals surface area contributed by atoms with Gasteiger partial charge in [0.2, 0.25) is 5.91 Å². The van der Waals surface area contributed by atoms with Crippen molar-refractivity contribution in [1.29, 1.82) is 0 Å². The Bertz CT molecular complexity index is 842. The lowest BCUT2D eigenvalue weighted by atomic mass is 10.1. The number of nitrogens with one attached hydrogen (secondary N) is 1. The van der Waals surface area contributed by atoms with E-state index < -0.39 is 24.0 Å². The third-order valence-corrected chi connectivity index (χ3v) is 4.37. The fraction of sp³-hybridized carbons (Fsp3) is 0.318. The van der Waals surface area contributed by atoms with Gasteiger partial charge in [0.15, 0.2) is 0 Å². The number of nitrogens with zero attached hydrogens (tertiary/aromatic N) is 1. The predicted octanol–water partition coefficient (Wildman–Crippen LogP) is 2.68. The van der Waals surface area contributed by atoms with Crippen LogP contribution in [-0.4, -0.2) is 49.6 Å². The van der Waals surface area contributed by atoms with Gasteiger partial charge in [0.25, 0.3) is 0 Å². The maximum atomic E-state index is 13.0. The molecule has 0 aliphatic carbocycles. The Labute approximate surface area is 174 Å². The van der Waals surface area contributed by atoms with Crippen molar-refractivity contribution < 1.29 is 28.2 Å². The second-order valence-corrected chi connectivity index (χ2v) is 6.69. The summed E-state index contributed by atoms with van der Waals surface area (Å²) >= 11 is 0. The van der Waals surface area contributed by atoms with E-state index in [0.29, 0.717) is 5.56 Å². The van der Waals surface area contributed by atoms with E-state index in [9.17, 15) is 18.8 Å². The number of methoxy groups -OCH3 is 1. The number of halogens is 1. The first-order valence-electron chi connectivity index (χ1n) is 9.42. The van der Waals surface area contributed by atoms with Crippen molar-refractivity contribution in [3.05, 3.63) is 71.5 Å². The fourth-order valence-electron chi connectivity index (χ4n) is 2.65. The molecule has 0 radical (unpaired) electrons. The molecule has 30 heavy (non-hydrogen) atoms. The highest BCUT2D eigenvalue weighted by atomic mass is 19.1. The number of ether oxygens (including phenoxy) is 2. The van der Waals surface area contributed by atoms with Crippen molar-refractivity contribution in [2.45, 2.75) is 25.5 Å². The van der Waals surface area contributed by atoms with Gasteiger partial charge in [-0.25, -0.2) is 14.0 Å². The van der Waals surface area contributed by atoms with Crippen LogP contribution in [0.3, 0.4) is 0 Å². The largest absolute Gasteiger partial charge is 0.467 e. The second kappa shape index (κ2) is 11.5. The molecule has 1 unspecified atom stereocenters. The van der Waals surface area contributed by atoms with Crippen LogP contribution in [0.1, 0.15) is 17.5 Å². The van der Waals surface area contributed by atoms with Gasteiger partial charge in [0.1, 0.15) is 18.5 Å². The third-order valence-electron chi connectivity index (χ3n) is 4.37. The summed E-state index contributed by atoms with van der Waals surface area (Å²) in [5.41, 5.74) is 1.53. The molecule has 0 heterocycles. The number of carbonyl (C=O) groups excluding carboxylic acids is 3. The molecule has 8 heteroatoms. The monoisotopic (exact) mass is 416 g/mol. The summed E-state index contributed by atoms with van der Waals surface area (Å²) in [5.74, 6) is -1.42. The van der Waals surface area contributed by atoms with Crippen molar-refractivity contribution in [2.75, 3.05) is 20.7 Å². The van der Waals surface area contributed by atoms with E-state index in [1.54, 1.807) is 0 Å². The van der Waals surface area contributed by atoms with E-state index in [0.717, 1.165) is 5.56 Å². The molecule has 2 aromatic carbocycles. The Kier molecular flexibility index (Phi) is 8.80. The van der Waals surface area contributed by atoms with Gasteiger partial charge in [-0.1, -0.05) is 42.5 Å². The van der Waals surface area contributed by atoms with Crippen LogP contribution in [0.15, 0.2) is 54.6 Å². The van der Waals surface area contributed by atoms with Crippen LogP contribution in [0.4, 0.5) is 9.18 Å². The van der Waals surface area contributed by atoms with Crippen molar-refractivity contribution in [3.8, 4) is 0 Å². The minimum Gasteiger partial charge on any atom is -0.467 e. The second-order valence-electron chi connectivity index (χ2n) is 6.69.